The normalized spacial score (nSPS) is 13.5. The number of benzene rings is 1. The predicted molar refractivity (Wildman–Crippen MR) is 99.4 cm³/mol. The maximum absolute atomic E-state index is 11.3. The Kier molecular flexibility index (Phi) is 8.25. The van der Waals surface area contributed by atoms with E-state index in [1.54, 1.807) is 7.11 Å². The van der Waals surface area contributed by atoms with Crippen LogP contribution in [0.4, 0.5) is 0 Å². The van der Waals surface area contributed by atoms with Crippen LogP contribution in [0.15, 0.2) is 34.4 Å². The molecule has 1 aromatic rings. The number of ether oxygens (including phenoxy) is 2. The quantitative estimate of drug-likeness (QED) is 0.394. The molecule has 5 nitrogen and oxygen atoms in total. The average Bonchev–Trinajstić information content (AvgIpc) is 2.48. The minimum absolute atomic E-state index is 0.0917. The van der Waals surface area contributed by atoms with Gasteiger partial charge in [0.05, 0.1) is 0 Å². The Balaban J connectivity index is 2.64. The van der Waals surface area contributed by atoms with Crippen molar-refractivity contribution in [3.05, 3.63) is 40.0 Å². The molecule has 0 aliphatic rings. The fourth-order valence-electron chi connectivity index (χ4n) is 2.11. The molecular weight excluding hydrogens is 435 g/mol. The molecule has 0 heterocycles. The van der Waals surface area contributed by atoms with Crippen LogP contribution in [-0.2, 0) is 25.6 Å². The minimum atomic E-state index is -3.47. The zero-order valence-electron chi connectivity index (χ0n) is 15.2. The van der Waals surface area contributed by atoms with Crippen LogP contribution in [0.2, 0.25) is 14.8 Å². The van der Waals surface area contributed by atoms with Gasteiger partial charge in [0.15, 0.2) is 0 Å². The molecular formula is C17H28O5SSn. The van der Waals surface area contributed by atoms with Crippen molar-refractivity contribution in [2.45, 2.75) is 21.4 Å². The molecule has 1 aromatic carbocycles. The van der Waals surface area contributed by atoms with E-state index in [-0.39, 0.29) is 12.5 Å². The van der Waals surface area contributed by atoms with E-state index >= 15 is 0 Å². The van der Waals surface area contributed by atoms with Gasteiger partial charge in [-0.15, -0.1) is 0 Å². The second kappa shape index (κ2) is 9.22. The van der Waals surface area contributed by atoms with E-state index in [0.717, 1.165) is 21.2 Å². The standard InChI is InChI=1S/C14H19O5S.3CH3.Sn/c1-4-12(11-19-20(3,15)16)9-18-10-13-5-7-14(17-2)8-6-13;;;;/h5-8,12H,1,9-11H2,2-3H3;3*1H3;. The molecule has 0 N–H and O–H groups in total. The molecule has 0 fully saturated rings. The van der Waals surface area contributed by atoms with E-state index in [9.17, 15) is 8.42 Å². The van der Waals surface area contributed by atoms with E-state index in [2.05, 4.69) is 21.4 Å². The van der Waals surface area contributed by atoms with Crippen molar-refractivity contribution in [1.29, 1.82) is 0 Å². The SMILES string of the molecule is C=[C](C(COCc1ccc(OC)cc1)COS(C)(=O)=O)[Sn]([CH3])([CH3])[CH3]. The maximum atomic E-state index is 11.3. The summed E-state index contributed by atoms with van der Waals surface area (Å²) in [5.74, 6) is 0.696. The second-order valence-corrected chi connectivity index (χ2v) is 23.1. The van der Waals surface area contributed by atoms with Crippen LogP contribution in [0.3, 0.4) is 0 Å². The number of hydrogen-bond acceptors (Lipinski definition) is 5. The molecule has 0 aliphatic carbocycles. The van der Waals surface area contributed by atoms with E-state index in [1.165, 1.54) is 0 Å². The van der Waals surface area contributed by atoms with E-state index in [1.807, 2.05) is 24.3 Å². The van der Waals surface area contributed by atoms with Crippen molar-refractivity contribution < 1.29 is 22.1 Å². The number of methoxy groups -OCH3 is 1. The van der Waals surface area contributed by atoms with Crippen molar-refractivity contribution >= 4 is 28.5 Å². The van der Waals surface area contributed by atoms with Crippen LogP contribution >= 0.6 is 0 Å². The Morgan fingerprint density at radius 2 is 1.75 bits per heavy atom. The molecule has 0 saturated heterocycles. The van der Waals surface area contributed by atoms with Gasteiger partial charge in [0.1, 0.15) is 0 Å². The van der Waals surface area contributed by atoms with Crippen molar-refractivity contribution in [2.24, 2.45) is 5.92 Å². The Morgan fingerprint density at radius 3 is 2.21 bits per heavy atom. The van der Waals surface area contributed by atoms with E-state index < -0.39 is 28.5 Å². The summed E-state index contributed by atoms with van der Waals surface area (Å²) in [7, 11) is -1.84. The van der Waals surface area contributed by atoms with Gasteiger partial charge in [-0.05, 0) is 0 Å². The third kappa shape index (κ3) is 8.00. The molecule has 0 bridgehead atoms. The zero-order chi connectivity index (χ0) is 18.4. The number of hydrogen-bond donors (Lipinski definition) is 0. The van der Waals surface area contributed by atoms with Crippen molar-refractivity contribution in [1.82, 2.24) is 0 Å². The summed E-state index contributed by atoms with van der Waals surface area (Å²) in [6.07, 6.45) is 1.06. The third-order valence-electron chi connectivity index (χ3n) is 3.69. The molecule has 0 aromatic heterocycles. The summed E-state index contributed by atoms with van der Waals surface area (Å²) >= 11 is -2.38. The Hall–Kier alpha value is -0.571. The first-order valence-electron chi connectivity index (χ1n) is 7.77. The summed E-state index contributed by atoms with van der Waals surface area (Å²) < 4.78 is 39.6. The van der Waals surface area contributed by atoms with Crippen molar-refractivity contribution in [3.8, 4) is 5.75 Å². The molecule has 0 spiro atoms. The van der Waals surface area contributed by atoms with Gasteiger partial charge in [-0.3, -0.25) is 0 Å². The Bertz CT molecular complexity index is 632. The van der Waals surface area contributed by atoms with Gasteiger partial charge in [0, 0.05) is 0 Å². The topological polar surface area (TPSA) is 61.8 Å². The molecule has 136 valence electrons. The van der Waals surface area contributed by atoms with Crippen LogP contribution in [0.1, 0.15) is 5.56 Å². The van der Waals surface area contributed by atoms with Gasteiger partial charge in [0.2, 0.25) is 0 Å². The first kappa shape index (κ1) is 21.5. The van der Waals surface area contributed by atoms with E-state index in [0.29, 0.717) is 13.2 Å². The summed E-state index contributed by atoms with van der Waals surface area (Å²) in [5.41, 5.74) is 1.03. The van der Waals surface area contributed by atoms with Gasteiger partial charge in [-0.1, -0.05) is 0 Å². The molecule has 1 atom stereocenters. The van der Waals surface area contributed by atoms with Crippen LogP contribution in [0, 0.1) is 5.92 Å². The van der Waals surface area contributed by atoms with Crippen molar-refractivity contribution in [3.63, 3.8) is 0 Å². The first-order valence-corrected chi connectivity index (χ1v) is 19.6. The predicted octanol–water partition coefficient (Wildman–Crippen LogP) is 3.24. The molecule has 24 heavy (non-hydrogen) atoms. The fourth-order valence-corrected chi connectivity index (χ4v) is 6.49. The molecule has 0 radical (unpaired) electrons. The third-order valence-corrected chi connectivity index (χ3v) is 10.9. The molecule has 1 unspecified atom stereocenters. The molecule has 1 rings (SSSR count). The van der Waals surface area contributed by atoms with Crippen molar-refractivity contribution in [2.75, 3.05) is 26.6 Å². The monoisotopic (exact) mass is 464 g/mol. The summed E-state index contributed by atoms with van der Waals surface area (Å²) in [4.78, 5) is 6.73. The summed E-state index contributed by atoms with van der Waals surface area (Å²) in [6, 6.07) is 7.65. The van der Waals surface area contributed by atoms with Crippen LogP contribution in [0.25, 0.3) is 0 Å². The number of rotatable bonds is 10. The van der Waals surface area contributed by atoms with Gasteiger partial charge >= 0.3 is 150 Å². The first-order chi connectivity index (χ1) is 11.0. The zero-order valence-corrected chi connectivity index (χ0v) is 18.8. The molecule has 0 saturated carbocycles. The van der Waals surface area contributed by atoms with Crippen LogP contribution < -0.4 is 4.74 Å². The van der Waals surface area contributed by atoms with Gasteiger partial charge in [-0.25, -0.2) is 0 Å². The molecule has 7 heteroatoms. The summed E-state index contributed by atoms with van der Waals surface area (Å²) in [6.45, 7) is 5.14. The summed E-state index contributed by atoms with van der Waals surface area (Å²) in [5, 5.41) is 0. The molecule has 0 aliphatic heterocycles. The van der Waals surface area contributed by atoms with E-state index in [4.69, 9.17) is 13.7 Å². The second-order valence-electron chi connectivity index (χ2n) is 6.82. The van der Waals surface area contributed by atoms with Crippen LogP contribution in [-0.4, -0.2) is 53.4 Å². The fraction of sp³-hybridized carbons (Fsp3) is 0.529. The van der Waals surface area contributed by atoms with Crippen LogP contribution in [0.5, 0.6) is 5.75 Å². The average molecular weight is 463 g/mol. The Labute approximate surface area is 150 Å². The van der Waals surface area contributed by atoms with Gasteiger partial charge in [0.25, 0.3) is 0 Å². The van der Waals surface area contributed by atoms with Gasteiger partial charge in [-0.2, -0.15) is 0 Å². The Morgan fingerprint density at radius 1 is 1.17 bits per heavy atom. The van der Waals surface area contributed by atoms with Gasteiger partial charge < -0.3 is 0 Å². The molecule has 0 amide bonds.